The highest BCUT2D eigenvalue weighted by atomic mass is 32.2. The number of ether oxygens (including phenoxy) is 1. The minimum Gasteiger partial charge on any atom is -0.497 e. The first-order valence-corrected chi connectivity index (χ1v) is 8.02. The molecule has 0 aromatic heterocycles. The first-order valence-electron chi connectivity index (χ1n) is 6.20. The van der Waals surface area contributed by atoms with E-state index < -0.39 is 9.84 Å². The number of rotatable bonds is 2. The second kappa shape index (κ2) is 6.64. The number of nitrogens with zero attached hydrogens (tertiary/aromatic N) is 1. The zero-order valence-electron chi connectivity index (χ0n) is 11.2. The first-order chi connectivity index (χ1) is 8.61. The van der Waals surface area contributed by atoms with E-state index >= 15 is 0 Å². The first kappa shape index (κ1) is 14.8. The van der Waals surface area contributed by atoms with Gasteiger partial charge in [-0.1, -0.05) is 13.8 Å². The van der Waals surface area contributed by atoms with Crippen LogP contribution < -0.4 is 9.64 Å². The van der Waals surface area contributed by atoms with Gasteiger partial charge in [-0.15, -0.1) is 0 Å². The van der Waals surface area contributed by atoms with E-state index in [-0.39, 0.29) is 11.5 Å². The van der Waals surface area contributed by atoms with Crippen molar-refractivity contribution in [2.24, 2.45) is 0 Å². The van der Waals surface area contributed by atoms with Crippen LogP contribution in [0.3, 0.4) is 0 Å². The van der Waals surface area contributed by atoms with Gasteiger partial charge in [0.1, 0.15) is 5.75 Å². The molecular formula is C13H21NO3S. The van der Waals surface area contributed by atoms with Crippen LogP contribution in [0.1, 0.15) is 13.8 Å². The lowest BCUT2D eigenvalue weighted by Gasteiger charge is -2.28. The van der Waals surface area contributed by atoms with Gasteiger partial charge in [0.05, 0.1) is 18.6 Å². The standard InChI is InChI=1S/C11H15NO3S.C2H6/c1-15-11-4-2-10(3-5-11)12-6-8-16(13,14)9-7-12;1-2/h2-5H,6-9H2,1H3;1-2H3. The van der Waals surface area contributed by atoms with E-state index in [4.69, 9.17) is 4.74 Å². The van der Waals surface area contributed by atoms with Crippen LogP contribution in [0, 0.1) is 0 Å². The van der Waals surface area contributed by atoms with Crippen molar-refractivity contribution in [2.45, 2.75) is 13.8 Å². The van der Waals surface area contributed by atoms with E-state index in [1.54, 1.807) is 7.11 Å². The Hall–Kier alpha value is -1.23. The topological polar surface area (TPSA) is 46.6 Å². The summed E-state index contributed by atoms with van der Waals surface area (Å²) in [5, 5.41) is 0. The molecule has 1 aromatic rings. The summed E-state index contributed by atoms with van der Waals surface area (Å²) in [6.07, 6.45) is 0. The molecule has 0 amide bonds. The quantitative estimate of drug-likeness (QED) is 0.825. The molecule has 4 nitrogen and oxygen atoms in total. The van der Waals surface area contributed by atoms with Gasteiger partial charge >= 0.3 is 0 Å². The van der Waals surface area contributed by atoms with Gasteiger partial charge in [0.2, 0.25) is 0 Å². The molecule has 1 aromatic carbocycles. The predicted molar refractivity (Wildman–Crippen MR) is 75.2 cm³/mol. The fraction of sp³-hybridized carbons (Fsp3) is 0.538. The van der Waals surface area contributed by atoms with Crippen molar-refractivity contribution in [1.82, 2.24) is 0 Å². The van der Waals surface area contributed by atoms with Gasteiger partial charge in [-0.05, 0) is 24.3 Å². The molecule has 1 fully saturated rings. The van der Waals surface area contributed by atoms with Gasteiger partial charge in [-0.3, -0.25) is 0 Å². The molecule has 1 heterocycles. The van der Waals surface area contributed by atoms with Gasteiger partial charge in [0.25, 0.3) is 0 Å². The second-order valence-electron chi connectivity index (χ2n) is 3.84. The van der Waals surface area contributed by atoms with Crippen molar-refractivity contribution >= 4 is 15.5 Å². The molecule has 0 aliphatic carbocycles. The van der Waals surface area contributed by atoms with Crippen LogP contribution in [0.5, 0.6) is 5.75 Å². The van der Waals surface area contributed by atoms with Gasteiger partial charge in [-0.2, -0.15) is 0 Å². The monoisotopic (exact) mass is 271 g/mol. The lowest BCUT2D eigenvalue weighted by Crippen LogP contribution is -2.40. The van der Waals surface area contributed by atoms with Crippen molar-refractivity contribution in [1.29, 1.82) is 0 Å². The van der Waals surface area contributed by atoms with Gasteiger partial charge in [-0.25, -0.2) is 8.42 Å². The zero-order chi connectivity index (χ0) is 13.6. The summed E-state index contributed by atoms with van der Waals surface area (Å²) < 4.78 is 27.6. The summed E-state index contributed by atoms with van der Waals surface area (Å²) in [6, 6.07) is 7.68. The molecule has 102 valence electrons. The third-order valence-corrected chi connectivity index (χ3v) is 4.39. The van der Waals surface area contributed by atoms with E-state index in [9.17, 15) is 8.42 Å². The van der Waals surface area contributed by atoms with E-state index in [2.05, 4.69) is 4.90 Å². The highest BCUT2D eigenvalue weighted by Crippen LogP contribution is 2.20. The molecule has 5 heteroatoms. The Kier molecular flexibility index (Phi) is 5.47. The maximum absolute atomic E-state index is 11.3. The average Bonchev–Trinajstić information content (AvgIpc) is 2.41. The molecular weight excluding hydrogens is 250 g/mol. The molecule has 1 aliphatic rings. The number of anilines is 1. The lowest BCUT2D eigenvalue weighted by molar-refractivity contribution is 0.415. The Balaban J connectivity index is 0.000000771. The molecule has 18 heavy (non-hydrogen) atoms. The normalized spacial score (nSPS) is 17.6. The number of hydrogen-bond acceptors (Lipinski definition) is 4. The van der Waals surface area contributed by atoms with Crippen LogP contribution in [0.25, 0.3) is 0 Å². The van der Waals surface area contributed by atoms with Crippen LogP contribution in [0.15, 0.2) is 24.3 Å². The number of benzene rings is 1. The van der Waals surface area contributed by atoms with Crippen LogP contribution in [-0.2, 0) is 9.84 Å². The smallest absolute Gasteiger partial charge is 0.153 e. The lowest BCUT2D eigenvalue weighted by atomic mass is 10.2. The van der Waals surface area contributed by atoms with Crippen molar-refractivity contribution < 1.29 is 13.2 Å². The Morgan fingerprint density at radius 1 is 1.06 bits per heavy atom. The summed E-state index contributed by atoms with van der Waals surface area (Å²) in [5.74, 6) is 1.31. The zero-order valence-corrected chi connectivity index (χ0v) is 12.0. The van der Waals surface area contributed by atoms with E-state index in [1.165, 1.54) is 0 Å². The maximum atomic E-state index is 11.3. The average molecular weight is 271 g/mol. The highest BCUT2D eigenvalue weighted by Gasteiger charge is 2.21. The minimum absolute atomic E-state index is 0.249. The summed E-state index contributed by atoms with van der Waals surface area (Å²) in [4.78, 5) is 2.08. The van der Waals surface area contributed by atoms with Crippen molar-refractivity contribution in [2.75, 3.05) is 36.6 Å². The summed E-state index contributed by atoms with van der Waals surface area (Å²) in [5.41, 5.74) is 1.05. The maximum Gasteiger partial charge on any atom is 0.153 e. The molecule has 0 spiro atoms. The van der Waals surface area contributed by atoms with Gasteiger partial charge in [0.15, 0.2) is 9.84 Å². The Morgan fingerprint density at radius 2 is 1.56 bits per heavy atom. The third-order valence-electron chi connectivity index (χ3n) is 2.78. The van der Waals surface area contributed by atoms with Crippen LogP contribution in [0.4, 0.5) is 5.69 Å². The number of methoxy groups -OCH3 is 1. The van der Waals surface area contributed by atoms with E-state index in [0.29, 0.717) is 13.1 Å². The van der Waals surface area contributed by atoms with Gasteiger partial charge < -0.3 is 9.64 Å². The Morgan fingerprint density at radius 3 is 2.00 bits per heavy atom. The SMILES string of the molecule is CC.COc1ccc(N2CCS(=O)(=O)CC2)cc1. The van der Waals surface area contributed by atoms with Crippen LogP contribution >= 0.6 is 0 Å². The Bertz CT molecular complexity index is 440. The third kappa shape index (κ3) is 3.91. The van der Waals surface area contributed by atoms with E-state index in [0.717, 1.165) is 11.4 Å². The molecule has 1 saturated heterocycles. The predicted octanol–water partition coefficient (Wildman–Crippen LogP) is 1.96. The molecule has 0 N–H and O–H groups in total. The van der Waals surface area contributed by atoms with Crippen LogP contribution in [-0.4, -0.2) is 40.1 Å². The van der Waals surface area contributed by atoms with Crippen molar-refractivity contribution in [3.63, 3.8) is 0 Å². The van der Waals surface area contributed by atoms with Gasteiger partial charge in [0, 0.05) is 18.8 Å². The minimum atomic E-state index is -2.80. The summed E-state index contributed by atoms with van der Waals surface area (Å²) in [6.45, 7) is 5.16. The second-order valence-corrected chi connectivity index (χ2v) is 6.14. The molecule has 0 bridgehead atoms. The fourth-order valence-corrected chi connectivity index (χ4v) is 2.96. The Labute approximate surface area is 109 Å². The molecule has 1 aliphatic heterocycles. The van der Waals surface area contributed by atoms with E-state index in [1.807, 2.05) is 38.1 Å². The fourth-order valence-electron chi connectivity index (χ4n) is 1.76. The van der Waals surface area contributed by atoms with Crippen LogP contribution in [0.2, 0.25) is 0 Å². The summed E-state index contributed by atoms with van der Waals surface area (Å²) in [7, 11) is -1.18. The van der Waals surface area contributed by atoms with Crippen molar-refractivity contribution in [3.05, 3.63) is 24.3 Å². The molecule has 0 saturated carbocycles. The molecule has 0 unspecified atom stereocenters. The summed E-state index contributed by atoms with van der Waals surface area (Å²) >= 11 is 0. The number of hydrogen-bond donors (Lipinski definition) is 0. The van der Waals surface area contributed by atoms with Crippen molar-refractivity contribution in [3.8, 4) is 5.75 Å². The largest absolute Gasteiger partial charge is 0.497 e. The number of sulfone groups is 1. The molecule has 0 atom stereocenters. The molecule has 0 radical (unpaired) electrons. The molecule has 2 rings (SSSR count). The highest BCUT2D eigenvalue weighted by molar-refractivity contribution is 7.91.